The number of amides is 1. The molecule has 2 heterocycles. The quantitative estimate of drug-likeness (QED) is 0.735. The van der Waals surface area contributed by atoms with E-state index in [0.717, 1.165) is 21.7 Å². The van der Waals surface area contributed by atoms with Gasteiger partial charge in [-0.3, -0.25) is 9.78 Å². The molecule has 2 aromatic heterocycles. The van der Waals surface area contributed by atoms with Crippen LogP contribution in [0.4, 0.5) is 5.13 Å². The monoisotopic (exact) mass is 343 g/mol. The Hall–Kier alpha value is -2.24. The molecule has 4 nitrogen and oxygen atoms in total. The Balaban J connectivity index is 2.10. The Morgan fingerprint density at radius 3 is 2.70 bits per heavy atom. The van der Waals surface area contributed by atoms with Crippen molar-refractivity contribution in [1.82, 2.24) is 9.97 Å². The van der Waals surface area contributed by atoms with Gasteiger partial charge in [0.15, 0.2) is 5.13 Å². The topological polar surface area (TPSA) is 54.9 Å². The normalized spacial score (nSPS) is 10.5. The van der Waals surface area contributed by atoms with E-state index in [1.165, 1.54) is 11.3 Å². The van der Waals surface area contributed by atoms with Gasteiger partial charge in [-0.2, -0.15) is 0 Å². The second-order valence-corrected chi connectivity index (χ2v) is 6.28. The van der Waals surface area contributed by atoms with Crippen molar-refractivity contribution in [2.24, 2.45) is 0 Å². The summed E-state index contributed by atoms with van der Waals surface area (Å²) in [5, 5.41) is 4.06. The van der Waals surface area contributed by atoms with Gasteiger partial charge < -0.3 is 5.32 Å². The fourth-order valence-corrected chi connectivity index (χ4v) is 3.31. The summed E-state index contributed by atoms with van der Waals surface area (Å²) in [6.07, 6.45) is 3.89. The minimum atomic E-state index is -0.0577. The molecule has 0 saturated heterocycles. The molecule has 0 radical (unpaired) electrons. The van der Waals surface area contributed by atoms with Crippen LogP contribution in [0.5, 0.6) is 0 Å². The molecule has 1 aromatic carbocycles. The molecule has 0 aliphatic heterocycles. The lowest BCUT2D eigenvalue weighted by molar-refractivity contribution is -0.115. The Morgan fingerprint density at radius 2 is 2.00 bits per heavy atom. The molecule has 3 aromatic rings. The van der Waals surface area contributed by atoms with Crippen molar-refractivity contribution >= 4 is 34.0 Å². The Bertz CT molecular complexity index is 833. The van der Waals surface area contributed by atoms with E-state index in [-0.39, 0.29) is 5.91 Å². The zero-order valence-corrected chi connectivity index (χ0v) is 14.0. The highest BCUT2D eigenvalue weighted by molar-refractivity contribution is 7.19. The lowest BCUT2D eigenvalue weighted by atomic mass is 10.1. The van der Waals surface area contributed by atoms with Crippen molar-refractivity contribution in [3.05, 3.63) is 53.8 Å². The van der Waals surface area contributed by atoms with Crippen LogP contribution in [0.15, 0.2) is 48.8 Å². The number of anilines is 1. The van der Waals surface area contributed by atoms with Crippen molar-refractivity contribution in [2.75, 3.05) is 5.32 Å². The molecule has 3 rings (SSSR count). The summed E-state index contributed by atoms with van der Waals surface area (Å²) >= 11 is 7.55. The first-order chi connectivity index (χ1) is 11.2. The number of carbonyl (C=O) groups excluding carboxylic acids is 1. The van der Waals surface area contributed by atoms with E-state index < -0.39 is 0 Å². The molecule has 0 aliphatic rings. The number of pyridine rings is 1. The minimum absolute atomic E-state index is 0.0577. The molecule has 0 saturated carbocycles. The molecule has 1 N–H and O–H groups in total. The summed E-state index contributed by atoms with van der Waals surface area (Å²) in [5.41, 5.74) is 2.72. The van der Waals surface area contributed by atoms with Crippen molar-refractivity contribution in [3.8, 4) is 21.7 Å². The predicted octanol–water partition coefficient (Wildman–Crippen LogP) is 4.87. The van der Waals surface area contributed by atoms with Crippen molar-refractivity contribution in [1.29, 1.82) is 0 Å². The van der Waals surface area contributed by atoms with Crippen LogP contribution >= 0.6 is 22.9 Å². The van der Waals surface area contributed by atoms with Gasteiger partial charge in [0, 0.05) is 29.4 Å². The molecule has 0 fully saturated rings. The van der Waals surface area contributed by atoms with E-state index in [0.29, 0.717) is 16.6 Å². The van der Waals surface area contributed by atoms with Gasteiger partial charge >= 0.3 is 0 Å². The second kappa shape index (κ2) is 6.89. The third-order valence-electron chi connectivity index (χ3n) is 3.24. The SMILES string of the molecule is CCC(=O)Nc1nc(-c2cccc(Cl)c2)c(-c2ccncc2)s1. The van der Waals surface area contributed by atoms with Crippen LogP contribution in [-0.2, 0) is 4.79 Å². The zero-order valence-electron chi connectivity index (χ0n) is 12.4. The Labute approximate surface area is 143 Å². The van der Waals surface area contributed by atoms with Gasteiger partial charge in [-0.15, -0.1) is 0 Å². The summed E-state index contributed by atoms with van der Waals surface area (Å²) in [4.78, 5) is 21.3. The molecule has 0 atom stereocenters. The number of thiazole rings is 1. The molecule has 0 bridgehead atoms. The first-order valence-electron chi connectivity index (χ1n) is 7.14. The smallest absolute Gasteiger partial charge is 0.225 e. The number of nitrogens with zero attached hydrogens (tertiary/aromatic N) is 2. The van der Waals surface area contributed by atoms with Gasteiger partial charge in [0.25, 0.3) is 0 Å². The van der Waals surface area contributed by atoms with E-state index in [2.05, 4.69) is 15.3 Å². The summed E-state index contributed by atoms with van der Waals surface area (Å²) in [7, 11) is 0. The first-order valence-corrected chi connectivity index (χ1v) is 8.34. The third kappa shape index (κ3) is 3.57. The third-order valence-corrected chi connectivity index (χ3v) is 4.49. The number of rotatable bonds is 4. The van der Waals surface area contributed by atoms with Crippen LogP contribution in [0.3, 0.4) is 0 Å². The maximum atomic E-state index is 11.7. The molecular formula is C17H14ClN3OS. The first kappa shape index (κ1) is 15.6. The molecule has 1 amide bonds. The van der Waals surface area contributed by atoms with Crippen molar-refractivity contribution in [2.45, 2.75) is 13.3 Å². The Morgan fingerprint density at radius 1 is 1.22 bits per heavy atom. The van der Waals surface area contributed by atoms with Gasteiger partial charge in [0.1, 0.15) is 0 Å². The highest BCUT2D eigenvalue weighted by Crippen LogP contribution is 2.39. The van der Waals surface area contributed by atoms with Gasteiger partial charge in [-0.1, -0.05) is 42.0 Å². The van der Waals surface area contributed by atoms with Crippen LogP contribution in [0.1, 0.15) is 13.3 Å². The summed E-state index contributed by atoms with van der Waals surface area (Å²) in [6, 6.07) is 11.4. The standard InChI is InChI=1S/C17H14ClN3OS/c1-2-14(22)20-17-21-15(12-4-3-5-13(18)10-12)16(23-17)11-6-8-19-9-7-11/h3-10H,2H2,1H3,(H,20,21,22). The van der Waals surface area contributed by atoms with Crippen molar-refractivity contribution in [3.63, 3.8) is 0 Å². The van der Waals surface area contributed by atoms with Gasteiger partial charge in [0.05, 0.1) is 10.6 Å². The number of aromatic nitrogens is 2. The largest absolute Gasteiger partial charge is 0.302 e. The lowest BCUT2D eigenvalue weighted by Crippen LogP contribution is -2.08. The van der Waals surface area contributed by atoms with E-state index >= 15 is 0 Å². The number of carbonyl (C=O) groups is 1. The summed E-state index contributed by atoms with van der Waals surface area (Å²) in [6.45, 7) is 1.81. The zero-order chi connectivity index (χ0) is 16.2. The average Bonchev–Trinajstić information content (AvgIpc) is 2.99. The maximum Gasteiger partial charge on any atom is 0.225 e. The van der Waals surface area contributed by atoms with Crippen LogP contribution in [-0.4, -0.2) is 15.9 Å². The molecule has 23 heavy (non-hydrogen) atoms. The number of halogens is 1. The highest BCUT2D eigenvalue weighted by Gasteiger charge is 2.16. The molecule has 6 heteroatoms. The summed E-state index contributed by atoms with van der Waals surface area (Å²) < 4.78 is 0. The van der Waals surface area contributed by atoms with Gasteiger partial charge in [-0.05, 0) is 29.8 Å². The van der Waals surface area contributed by atoms with E-state index in [9.17, 15) is 4.79 Å². The second-order valence-electron chi connectivity index (χ2n) is 4.84. The number of hydrogen-bond acceptors (Lipinski definition) is 4. The average molecular weight is 344 g/mol. The van der Waals surface area contributed by atoms with E-state index in [4.69, 9.17) is 11.6 Å². The van der Waals surface area contributed by atoms with Crippen LogP contribution < -0.4 is 5.32 Å². The fraction of sp³-hybridized carbons (Fsp3) is 0.118. The molecule has 0 aliphatic carbocycles. The number of benzene rings is 1. The highest BCUT2D eigenvalue weighted by atomic mass is 35.5. The molecule has 0 unspecified atom stereocenters. The van der Waals surface area contributed by atoms with Crippen molar-refractivity contribution < 1.29 is 4.79 Å². The fourth-order valence-electron chi connectivity index (χ4n) is 2.11. The molecule has 0 spiro atoms. The van der Waals surface area contributed by atoms with E-state index in [1.807, 2.05) is 43.3 Å². The Kier molecular flexibility index (Phi) is 4.69. The van der Waals surface area contributed by atoms with Gasteiger partial charge in [-0.25, -0.2) is 4.98 Å². The van der Waals surface area contributed by atoms with E-state index in [1.54, 1.807) is 12.4 Å². The lowest BCUT2D eigenvalue weighted by Gasteiger charge is -2.02. The van der Waals surface area contributed by atoms with Crippen LogP contribution in [0.25, 0.3) is 21.7 Å². The maximum absolute atomic E-state index is 11.7. The predicted molar refractivity (Wildman–Crippen MR) is 94.7 cm³/mol. The minimum Gasteiger partial charge on any atom is -0.302 e. The van der Waals surface area contributed by atoms with Crippen LogP contribution in [0.2, 0.25) is 5.02 Å². The number of nitrogens with one attached hydrogen (secondary N) is 1. The number of hydrogen-bond donors (Lipinski definition) is 1. The van der Waals surface area contributed by atoms with Gasteiger partial charge in [0.2, 0.25) is 5.91 Å². The van der Waals surface area contributed by atoms with Crippen LogP contribution in [0, 0.1) is 0 Å². The molecule has 116 valence electrons. The molecular weight excluding hydrogens is 330 g/mol. The summed E-state index contributed by atoms with van der Waals surface area (Å²) in [5.74, 6) is -0.0577.